The maximum absolute atomic E-state index is 11.3. The Bertz CT molecular complexity index is 134. The Hall–Kier alpha value is -0.610. The summed E-state index contributed by atoms with van der Waals surface area (Å²) in [6, 6.07) is 0. The normalized spacial score (nSPS) is 10.4. The molecule has 0 aromatic rings. The van der Waals surface area contributed by atoms with Crippen molar-refractivity contribution in [1.29, 1.82) is 0 Å². The van der Waals surface area contributed by atoms with Gasteiger partial charge in [0.1, 0.15) is 0 Å². The largest absolute Gasteiger partial charge is 0.330 e. The second-order valence-electron chi connectivity index (χ2n) is 2.59. The van der Waals surface area contributed by atoms with E-state index in [1.807, 2.05) is 18.9 Å². The molecule has 0 aliphatic carbocycles. The molecule has 0 aliphatic heterocycles. The van der Waals surface area contributed by atoms with Crippen LogP contribution >= 0.6 is 0 Å². The van der Waals surface area contributed by atoms with Crippen LogP contribution in [-0.2, 0) is 4.79 Å². The van der Waals surface area contributed by atoms with Crippen LogP contribution in [0.25, 0.3) is 0 Å². The molecule has 0 aliphatic rings. The Labute approximate surface area is 74.3 Å². The Balaban J connectivity index is 3.96. The average Bonchev–Trinajstić information content (AvgIpc) is 2.07. The van der Waals surface area contributed by atoms with Gasteiger partial charge in [0.15, 0.2) is 0 Å². The van der Waals surface area contributed by atoms with Gasteiger partial charge in [-0.1, -0.05) is 13.8 Å². The van der Waals surface area contributed by atoms with Crippen molar-refractivity contribution in [1.82, 2.24) is 10.0 Å². The molecule has 0 heterocycles. The minimum atomic E-state index is 0.0844. The quantitative estimate of drug-likeness (QED) is 0.598. The zero-order valence-corrected chi connectivity index (χ0v) is 8.21. The molecule has 72 valence electrons. The molecule has 0 saturated carbocycles. The van der Waals surface area contributed by atoms with Crippen molar-refractivity contribution in [2.45, 2.75) is 20.3 Å². The van der Waals surface area contributed by atoms with E-state index >= 15 is 0 Å². The van der Waals surface area contributed by atoms with E-state index < -0.39 is 0 Å². The first-order valence-corrected chi connectivity index (χ1v) is 4.38. The topological polar surface area (TPSA) is 49.6 Å². The van der Waals surface area contributed by atoms with Crippen LogP contribution in [0.1, 0.15) is 20.3 Å². The summed E-state index contributed by atoms with van der Waals surface area (Å²) in [5.41, 5.74) is 5.28. The SMILES string of the molecule is CCN(CC)N(C)C(=O)CCN. The number of hydrogen-bond acceptors (Lipinski definition) is 3. The van der Waals surface area contributed by atoms with Gasteiger partial charge in [-0.2, -0.15) is 0 Å². The molecule has 1 amide bonds. The van der Waals surface area contributed by atoms with Gasteiger partial charge < -0.3 is 5.73 Å². The predicted molar refractivity (Wildman–Crippen MR) is 49.4 cm³/mol. The molecule has 4 heteroatoms. The highest BCUT2D eigenvalue weighted by atomic mass is 16.2. The molecule has 0 aromatic carbocycles. The van der Waals surface area contributed by atoms with Gasteiger partial charge in [0.2, 0.25) is 5.91 Å². The summed E-state index contributed by atoms with van der Waals surface area (Å²) in [6.45, 7) is 6.17. The Morgan fingerprint density at radius 1 is 1.33 bits per heavy atom. The number of carbonyl (C=O) groups is 1. The minimum absolute atomic E-state index is 0.0844. The third-order valence-corrected chi connectivity index (χ3v) is 1.87. The smallest absolute Gasteiger partial charge is 0.237 e. The standard InChI is InChI=1S/C8H19N3O/c1-4-11(5-2)10(3)8(12)6-7-9/h4-7,9H2,1-3H3. The van der Waals surface area contributed by atoms with Gasteiger partial charge in [0.25, 0.3) is 0 Å². The maximum atomic E-state index is 11.3. The summed E-state index contributed by atoms with van der Waals surface area (Å²) in [6.07, 6.45) is 0.424. The highest BCUT2D eigenvalue weighted by Crippen LogP contribution is 1.96. The van der Waals surface area contributed by atoms with E-state index in [0.29, 0.717) is 13.0 Å². The molecule has 0 unspecified atom stereocenters. The first-order chi connectivity index (χ1) is 5.67. The van der Waals surface area contributed by atoms with E-state index in [0.717, 1.165) is 13.1 Å². The third-order valence-electron chi connectivity index (χ3n) is 1.87. The van der Waals surface area contributed by atoms with Crippen molar-refractivity contribution in [3.63, 3.8) is 0 Å². The first kappa shape index (κ1) is 11.4. The molecule has 0 radical (unpaired) electrons. The summed E-state index contributed by atoms with van der Waals surface area (Å²) in [7, 11) is 1.78. The van der Waals surface area contributed by atoms with Crippen LogP contribution < -0.4 is 5.73 Å². The van der Waals surface area contributed by atoms with Crippen LogP contribution in [0.2, 0.25) is 0 Å². The lowest BCUT2D eigenvalue weighted by atomic mass is 10.4. The summed E-state index contributed by atoms with van der Waals surface area (Å²) >= 11 is 0. The monoisotopic (exact) mass is 173 g/mol. The highest BCUT2D eigenvalue weighted by Gasteiger charge is 2.12. The lowest BCUT2D eigenvalue weighted by molar-refractivity contribution is -0.144. The predicted octanol–water partition coefficient (Wildman–Crippen LogP) is 0.0504. The van der Waals surface area contributed by atoms with E-state index in [1.165, 1.54) is 0 Å². The van der Waals surface area contributed by atoms with Gasteiger partial charge in [0, 0.05) is 33.1 Å². The first-order valence-electron chi connectivity index (χ1n) is 4.38. The van der Waals surface area contributed by atoms with Crippen LogP contribution in [0.5, 0.6) is 0 Å². The van der Waals surface area contributed by atoms with E-state index in [9.17, 15) is 4.79 Å². The summed E-state index contributed by atoms with van der Waals surface area (Å²) < 4.78 is 0. The van der Waals surface area contributed by atoms with Crippen molar-refractivity contribution in [3.8, 4) is 0 Å². The fourth-order valence-corrected chi connectivity index (χ4v) is 1.09. The van der Waals surface area contributed by atoms with Gasteiger partial charge in [0.05, 0.1) is 0 Å². The number of nitrogens with two attached hydrogens (primary N) is 1. The van der Waals surface area contributed by atoms with Gasteiger partial charge in [-0.15, -0.1) is 0 Å². The molecule has 0 aromatic heterocycles. The molecule has 2 N–H and O–H groups in total. The van der Waals surface area contributed by atoms with Crippen molar-refractivity contribution in [2.75, 3.05) is 26.7 Å². The van der Waals surface area contributed by atoms with E-state index in [1.54, 1.807) is 12.1 Å². The van der Waals surface area contributed by atoms with Crippen molar-refractivity contribution >= 4 is 5.91 Å². The molecule has 0 fully saturated rings. The number of carbonyl (C=O) groups excluding carboxylic acids is 1. The molecule has 12 heavy (non-hydrogen) atoms. The zero-order chi connectivity index (χ0) is 9.56. The molecule has 0 bridgehead atoms. The Morgan fingerprint density at radius 2 is 1.83 bits per heavy atom. The fraction of sp³-hybridized carbons (Fsp3) is 0.875. The molecular formula is C8H19N3O. The molecule has 0 rings (SSSR count). The summed E-state index contributed by atoms with van der Waals surface area (Å²) in [4.78, 5) is 11.3. The number of amides is 1. The van der Waals surface area contributed by atoms with Gasteiger partial charge in [-0.05, 0) is 0 Å². The molecular weight excluding hydrogens is 154 g/mol. The van der Waals surface area contributed by atoms with Crippen LogP contribution in [0.3, 0.4) is 0 Å². The second-order valence-corrected chi connectivity index (χ2v) is 2.59. The number of hydrogen-bond donors (Lipinski definition) is 1. The fourth-order valence-electron chi connectivity index (χ4n) is 1.09. The van der Waals surface area contributed by atoms with Gasteiger partial charge >= 0.3 is 0 Å². The maximum Gasteiger partial charge on any atom is 0.237 e. The van der Waals surface area contributed by atoms with Crippen LogP contribution in [-0.4, -0.2) is 42.6 Å². The van der Waals surface area contributed by atoms with Crippen molar-refractivity contribution < 1.29 is 4.79 Å². The van der Waals surface area contributed by atoms with E-state index in [2.05, 4.69) is 0 Å². The van der Waals surface area contributed by atoms with Crippen LogP contribution in [0.4, 0.5) is 0 Å². The second kappa shape index (κ2) is 5.97. The van der Waals surface area contributed by atoms with Crippen LogP contribution in [0, 0.1) is 0 Å². The number of nitrogens with zero attached hydrogens (tertiary/aromatic N) is 2. The molecule has 4 nitrogen and oxygen atoms in total. The zero-order valence-electron chi connectivity index (χ0n) is 8.21. The van der Waals surface area contributed by atoms with Crippen molar-refractivity contribution in [2.24, 2.45) is 5.73 Å². The molecule has 0 atom stereocenters. The van der Waals surface area contributed by atoms with Crippen molar-refractivity contribution in [3.05, 3.63) is 0 Å². The van der Waals surface area contributed by atoms with Gasteiger partial charge in [-0.25, -0.2) is 5.01 Å². The third kappa shape index (κ3) is 3.19. The molecule has 0 spiro atoms. The average molecular weight is 173 g/mol. The number of hydrazine groups is 1. The Kier molecular flexibility index (Phi) is 5.66. The van der Waals surface area contributed by atoms with Crippen LogP contribution in [0.15, 0.2) is 0 Å². The van der Waals surface area contributed by atoms with E-state index in [4.69, 9.17) is 5.73 Å². The number of rotatable bonds is 5. The Morgan fingerprint density at radius 3 is 2.17 bits per heavy atom. The lowest BCUT2D eigenvalue weighted by Crippen LogP contribution is -2.44. The summed E-state index contributed by atoms with van der Waals surface area (Å²) in [5.74, 6) is 0.0844. The van der Waals surface area contributed by atoms with E-state index in [-0.39, 0.29) is 5.91 Å². The molecule has 0 saturated heterocycles. The minimum Gasteiger partial charge on any atom is -0.330 e. The summed E-state index contributed by atoms with van der Waals surface area (Å²) in [5, 5.41) is 3.62. The highest BCUT2D eigenvalue weighted by molar-refractivity contribution is 5.75. The lowest BCUT2D eigenvalue weighted by Gasteiger charge is -2.29. The van der Waals surface area contributed by atoms with Gasteiger partial charge in [-0.3, -0.25) is 9.80 Å².